The molecule has 3 heterocycles. The number of nitrogens with one attached hydrogen (secondary N) is 1. The summed E-state index contributed by atoms with van der Waals surface area (Å²) < 4.78 is 49.1. The molecule has 0 spiro atoms. The molecule has 12 heteroatoms. The van der Waals surface area contributed by atoms with Crippen molar-refractivity contribution in [3.8, 4) is 11.3 Å². The predicted octanol–water partition coefficient (Wildman–Crippen LogP) is 6.34. The van der Waals surface area contributed by atoms with Crippen molar-refractivity contribution in [2.24, 2.45) is 9.39 Å². The third-order valence-electron chi connectivity index (χ3n) is 4.31. The summed E-state index contributed by atoms with van der Waals surface area (Å²) >= 11 is 8.53. The Morgan fingerprint density at radius 2 is 2.03 bits per heavy atom. The van der Waals surface area contributed by atoms with Crippen molar-refractivity contribution in [1.29, 1.82) is 5.41 Å². The van der Waals surface area contributed by atoms with Crippen molar-refractivity contribution < 1.29 is 22.4 Å². The maximum Gasteiger partial charge on any atom is 0.416 e. The third-order valence-corrected chi connectivity index (χ3v) is 6.41. The van der Waals surface area contributed by atoms with E-state index < -0.39 is 17.6 Å². The first-order valence-electron chi connectivity index (χ1n) is 9.17. The van der Waals surface area contributed by atoms with E-state index in [9.17, 15) is 18.0 Å². The minimum atomic E-state index is -4.53. The normalized spacial score (nSPS) is 17.8. The molecule has 0 saturated heterocycles. The average molecular weight is 499 g/mol. The van der Waals surface area contributed by atoms with Gasteiger partial charge in [0.2, 0.25) is 5.17 Å². The standard InChI is InChI=1S/C20H14ClF3N4O2S2/c1-9(2)31-19-27-32-18-26-17(29)13(16(25)28(18)19)8-11-4-6-15(30-11)12-7-10(20(22,23)24)3-5-14(12)21/h3-9,25H,1-2H3/b13-8-,25-16?. The van der Waals surface area contributed by atoms with E-state index in [1.807, 2.05) is 13.8 Å². The molecule has 0 unspecified atom stereocenters. The van der Waals surface area contributed by atoms with Crippen LogP contribution in [0.1, 0.15) is 25.2 Å². The molecule has 2 aromatic rings. The van der Waals surface area contributed by atoms with Gasteiger partial charge in [0.15, 0.2) is 5.17 Å². The van der Waals surface area contributed by atoms with E-state index in [1.165, 1.54) is 34.9 Å². The Morgan fingerprint density at radius 1 is 1.28 bits per heavy atom. The first kappa shape index (κ1) is 22.7. The number of thioether (sulfide) groups is 1. The predicted molar refractivity (Wildman–Crippen MR) is 122 cm³/mol. The number of carbonyl (C=O) groups is 1. The van der Waals surface area contributed by atoms with Crippen LogP contribution in [0.5, 0.6) is 0 Å². The molecule has 1 aromatic carbocycles. The topological polar surface area (TPSA) is 82.0 Å². The number of halogens is 4. The van der Waals surface area contributed by atoms with E-state index in [-0.39, 0.29) is 38.8 Å². The molecule has 0 aliphatic carbocycles. The molecule has 1 amide bonds. The van der Waals surface area contributed by atoms with Crippen molar-refractivity contribution in [3.63, 3.8) is 0 Å². The van der Waals surface area contributed by atoms with Crippen LogP contribution >= 0.6 is 35.3 Å². The Kier molecular flexibility index (Phi) is 5.99. The number of amidine groups is 3. The molecule has 0 saturated carbocycles. The van der Waals surface area contributed by atoms with Crippen LogP contribution in [0.4, 0.5) is 13.2 Å². The Hall–Kier alpha value is -2.50. The molecule has 32 heavy (non-hydrogen) atoms. The first-order chi connectivity index (χ1) is 15.0. The molecule has 6 nitrogen and oxygen atoms in total. The van der Waals surface area contributed by atoms with Crippen molar-refractivity contribution >= 4 is 63.5 Å². The van der Waals surface area contributed by atoms with E-state index in [0.29, 0.717) is 10.3 Å². The lowest BCUT2D eigenvalue weighted by atomic mass is 10.1. The van der Waals surface area contributed by atoms with E-state index in [4.69, 9.17) is 21.4 Å². The highest BCUT2D eigenvalue weighted by Crippen LogP contribution is 2.37. The molecule has 2 aliphatic heterocycles. The summed E-state index contributed by atoms with van der Waals surface area (Å²) in [6.45, 7) is 3.96. The molecular weight excluding hydrogens is 485 g/mol. The summed E-state index contributed by atoms with van der Waals surface area (Å²) in [7, 11) is 0. The fourth-order valence-corrected chi connectivity index (χ4v) is 4.78. The SMILES string of the molecule is CC(C)SC1=NSC2=NC(=O)/C(=C\c3ccc(-c4cc(C(F)(F)F)ccc4Cl)o3)C(=N)N21. The quantitative estimate of drug-likeness (QED) is 0.394. The monoisotopic (exact) mass is 498 g/mol. The van der Waals surface area contributed by atoms with Gasteiger partial charge in [-0.25, -0.2) is 4.90 Å². The van der Waals surface area contributed by atoms with Gasteiger partial charge >= 0.3 is 6.18 Å². The maximum atomic E-state index is 13.1. The molecule has 166 valence electrons. The van der Waals surface area contributed by atoms with Crippen molar-refractivity contribution in [2.75, 3.05) is 0 Å². The summed E-state index contributed by atoms with van der Waals surface area (Å²) in [4.78, 5) is 18.0. The van der Waals surface area contributed by atoms with Gasteiger partial charge in [0.25, 0.3) is 5.91 Å². The lowest BCUT2D eigenvalue weighted by Gasteiger charge is -2.24. The molecular formula is C20H14ClF3N4O2S2. The fraction of sp³-hybridized carbons (Fsp3) is 0.200. The zero-order chi connectivity index (χ0) is 23.2. The van der Waals surface area contributed by atoms with Gasteiger partial charge in [-0.2, -0.15) is 22.6 Å². The van der Waals surface area contributed by atoms with E-state index in [2.05, 4.69) is 9.39 Å². The number of benzene rings is 1. The second kappa shape index (κ2) is 8.45. The van der Waals surface area contributed by atoms with Crippen molar-refractivity contribution in [1.82, 2.24) is 4.90 Å². The third kappa shape index (κ3) is 4.37. The number of alkyl halides is 3. The summed E-state index contributed by atoms with van der Waals surface area (Å²) in [5.74, 6) is -0.467. The largest absolute Gasteiger partial charge is 0.457 e. The highest BCUT2D eigenvalue weighted by Gasteiger charge is 2.38. The zero-order valence-corrected chi connectivity index (χ0v) is 18.9. The van der Waals surface area contributed by atoms with Crippen LogP contribution in [-0.4, -0.2) is 32.2 Å². The number of rotatable bonds is 3. The first-order valence-corrected chi connectivity index (χ1v) is 11.2. The number of fused-ring (bicyclic) bond motifs is 1. The minimum Gasteiger partial charge on any atom is -0.457 e. The van der Waals surface area contributed by atoms with Crippen molar-refractivity contribution in [2.45, 2.75) is 25.3 Å². The van der Waals surface area contributed by atoms with Gasteiger partial charge in [-0.3, -0.25) is 10.2 Å². The van der Waals surface area contributed by atoms with E-state index in [1.54, 1.807) is 0 Å². The smallest absolute Gasteiger partial charge is 0.416 e. The van der Waals surface area contributed by atoms with Gasteiger partial charge in [-0.05, 0) is 36.4 Å². The molecule has 2 aliphatic rings. The second-order valence-electron chi connectivity index (χ2n) is 6.97. The van der Waals surface area contributed by atoms with Crippen LogP contribution in [-0.2, 0) is 11.0 Å². The maximum absolute atomic E-state index is 13.1. The summed E-state index contributed by atoms with van der Waals surface area (Å²) in [5.41, 5.74) is -0.820. The Labute approximate surface area is 194 Å². The van der Waals surface area contributed by atoms with Crippen LogP contribution in [0.25, 0.3) is 17.4 Å². The van der Waals surface area contributed by atoms with Gasteiger partial charge in [0.1, 0.15) is 17.4 Å². The summed E-state index contributed by atoms with van der Waals surface area (Å²) in [5, 5.41) is 9.63. The van der Waals surface area contributed by atoms with Crippen molar-refractivity contribution in [3.05, 3.63) is 52.3 Å². The molecule has 0 radical (unpaired) electrons. The van der Waals surface area contributed by atoms with Gasteiger partial charge in [0.05, 0.1) is 28.1 Å². The van der Waals surface area contributed by atoms with Crippen LogP contribution in [0, 0.1) is 5.41 Å². The lowest BCUT2D eigenvalue weighted by Crippen LogP contribution is -2.41. The number of hydrogen-bond donors (Lipinski definition) is 1. The van der Waals surface area contributed by atoms with Gasteiger partial charge < -0.3 is 4.42 Å². The highest BCUT2D eigenvalue weighted by atomic mass is 35.5. The molecule has 0 atom stereocenters. The van der Waals surface area contributed by atoms with Crippen LogP contribution < -0.4 is 0 Å². The number of furan rings is 1. The number of hydrogen-bond acceptors (Lipinski definition) is 6. The highest BCUT2D eigenvalue weighted by molar-refractivity contribution is 8.19. The van der Waals surface area contributed by atoms with Gasteiger partial charge in [-0.15, -0.1) is 0 Å². The average Bonchev–Trinajstić information content (AvgIpc) is 3.31. The molecule has 1 N–H and O–H groups in total. The Bertz CT molecular complexity index is 1220. The minimum absolute atomic E-state index is 0.0238. The number of carbonyl (C=O) groups excluding carboxylic acids is 1. The molecule has 0 fully saturated rings. The summed E-state index contributed by atoms with van der Waals surface area (Å²) in [6, 6.07) is 5.87. The Morgan fingerprint density at radius 3 is 2.72 bits per heavy atom. The second-order valence-corrected chi connectivity index (χ2v) is 9.65. The number of amides is 1. The number of nitrogens with zero attached hydrogens (tertiary/aromatic N) is 3. The molecule has 0 bridgehead atoms. The molecule has 4 rings (SSSR count). The summed E-state index contributed by atoms with van der Waals surface area (Å²) in [6.07, 6.45) is -3.20. The van der Waals surface area contributed by atoms with Crippen LogP contribution in [0.3, 0.4) is 0 Å². The van der Waals surface area contributed by atoms with Gasteiger partial charge in [-0.1, -0.05) is 37.2 Å². The lowest BCUT2D eigenvalue weighted by molar-refractivity contribution is -0.137. The number of aliphatic imine (C=N–C) groups is 1. The molecule has 1 aromatic heterocycles. The van der Waals surface area contributed by atoms with Gasteiger partial charge in [0, 0.05) is 10.8 Å². The van der Waals surface area contributed by atoms with E-state index >= 15 is 0 Å². The Balaban J connectivity index is 1.66. The fourth-order valence-electron chi connectivity index (χ4n) is 2.90. The van der Waals surface area contributed by atoms with Crippen LogP contribution in [0.2, 0.25) is 5.02 Å². The van der Waals surface area contributed by atoms with E-state index in [0.717, 1.165) is 30.1 Å². The zero-order valence-electron chi connectivity index (χ0n) is 16.5. The van der Waals surface area contributed by atoms with Crippen LogP contribution in [0.15, 0.2) is 49.7 Å².